The molecule has 6 nitrogen and oxygen atoms in total. The van der Waals surface area contributed by atoms with Gasteiger partial charge in [-0.05, 0) is 37.3 Å². The van der Waals surface area contributed by atoms with Crippen molar-refractivity contribution in [3.05, 3.63) is 54.4 Å². The zero-order valence-corrected chi connectivity index (χ0v) is 17.0. The number of rotatable bonds is 8. The number of anilines is 1. The first-order valence-electron chi connectivity index (χ1n) is 8.87. The van der Waals surface area contributed by atoms with Crippen LogP contribution in [0.4, 0.5) is 5.69 Å². The van der Waals surface area contributed by atoms with Crippen LogP contribution in [0.15, 0.2) is 48.5 Å². The number of carboxylic acids is 1. The zero-order valence-electron chi connectivity index (χ0n) is 15.5. The lowest BCUT2D eigenvalue weighted by Gasteiger charge is -2.22. The van der Waals surface area contributed by atoms with Gasteiger partial charge >= 0.3 is 5.97 Å². The van der Waals surface area contributed by atoms with E-state index in [1.165, 1.54) is 6.92 Å². The van der Waals surface area contributed by atoms with Crippen molar-refractivity contribution in [1.29, 1.82) is 0 Å². The predicted molar refractivity (Wildman–Crippen MR) is 114 cm³/mol. The van der Waals surface area contributed by atoms with Gasteiger partial charge in [-0.2, -0.15) is 0 Å². The maximum atomic E-state index is 11.8. The molecule has 0 spiro atoms. The van der Waals surface area contributed by atoms with Gasteiger partial charge < -0.3 is 15.7 Å². The van der Waals surface area contributed by atoms with Crippen LogP contribution < -0.4 is 10.6 Å². The van der Waals surface area contributed by atoms with Gasteiger partial charge in [0.1, 0.15) is 5.82 Å². The normalized spacial score (nSPS) is 13.4. The molecule has 0 saturated heterocycles. The van der Waals surface area contributed by atoms with Gasteiger partial charge in [-0.15, -0.1) is 23.2 Å². The summed E-state index contributed by atoms with van der Waals surface area (Å²) >= 11 is 11.8. The lowest BCUT2D eigenvalue weighted by Crippen LogP contribution is -2.44. The average Bonchev–Trinajstić information content (AvgIpc) is 3.08. The van der Waals surface area contributed by atoms with Crippen LogP contribution in [0.2, 0.25) is 0 Å². The van der Waals surface area contributed by atoms with Gasteiger partial charge in [0.25, 0.3) is 0 Å². The Morgan fingerprint density at radius 2 is 1.82 bits per heavy atom. The summed E-state index contributed by atoms with van der Waals surface area (Å²) in [5, 5.41) is 9.66. The van der Waals surface area contributed by atoms with E-state index in [2.05, 4.69) is 9.88 Å². The van der Waals surface area contributed by atoms with Gasteiger partial charge in [0.15, 0.2) is 5.54 Å². The number of nitrogens with two attached hydrogens (primary N) is 1. The monoisotopic (exact) mass is 420 g/mol. The van der Waals surface area contributed by atoms with Gasteiger partial charge in [0.2, 0.25) is 0 Å². The molecule has 1 unspecified atom stereocenters. The Kier molecular flexibility index (Phi) is 6.13. The highest BCUT2D eigenvalue weighted by Gasteiger charge is 2.36. The molecular weight excluding hydrogens is 399 g/mol. The van der Waals surface area contributed by atoms with Crippen molar-refractivity contribution in [1.82, 2.24) is 9.55 Å². The second-order valence-corrected chi connectivity index (χ2v) is 7.41. The fourth-order valence-corrected chi connectivity index (χ4v) is 3.53. The highest BCUT2D eigenvalue weighted by Crippen LogP contribution is 2.30. The van der Waals surface area contributed by atoms with Crippen LogP contribution in [0.25, 0.3) is 16.7 Å². The fourth-order valence-electron chi connectivity index (χ4n) is 3.12. The number of carbonyl (C=O) groups is 1. The number of hydrogen-bond acceptors (Lipinski definition) is 4. The first-order valence-corrected chi connectivity index (χ1v) is 9.94. The molecule has 3 rings (SSSR count). The Hall–Kier alpha value is -2.28. The largest absolute Gasteiger partial charge is 0.480 e. The lowest BCUT2D eigenvalue weighted by molar-refractivity contribution is -0.143. The predicted octanol–water partition coefficient (Wildman–Crippen LogP) is 3.57. The molecule has 8 heteroatoms. The van der Waals surface area contributed by atoms with Crippen LogP contribution >= 0.6 is 23.2 Å². The molecule has 0 fully saturated rings. The summed E-state index contributed by atoms with van der Waals surface area (Å²) in [6.07, 6.45) is 0. The number of para-hydroxylation sites is 1. The van der Waals surface area contributed by atoms with Crippen molar-refractivity contribution in [3.63, 3.8) is 0 Å². The molecule has 1 atom stereocenters. The molecule has 0 aliphatic carbocycles. The van der Waals surface area contributed by atoms with Crippen LogP contribution in [0.5, 0.6) is 0 Å². The molecule has 0 aliphatic heterocycles. The molecule has 0 aliphatic rings. The van der Waals surface area contributed by atoms with E-state index in [1.807, 2.05) is 48.5 Å². The summed E-state index contributed by atoms with van der Waals surface area (Å²) in [6.45, 7) is 2.75. The summed E-state index contributed by atoms with van der Waals surface area (Å²) in [6, 6.07) is 15.2. The summed E-state index contributed by atoms with van der Waals surface area (Å²) < 4.78 is 1.79. The van der Waals surface area contributed by atoms with E-state index >= 15 is 0 Å². The number of carboxylic acid groups (broad SMARTS) is 1. The SMILES string of the molecule is CC(N)(C(=O)O)c1nc2cc(N(CCCl)CCCl)ccc2n1-c1ccccc1. The Bertz CT molecular complexity index is 967. The Morgan fingerprint density at radius 3 is 2.39 bits per heavy atom. The zero-order chi connectivity index (χ0) is 20.3. The minimum Gasteiger partial charge on any atom is -0.480 e. The summed E-state index contributed by atoms with van der Waals surface area (Å²) in [5.74, 6) is 0.0579. The van der Waals surface area contributed by atoms with Crippen LogP contribution in [0, 0.1) is 0 Å². The second-order valence-electron chi connectivity index (χ2n) is 6.65. The highest BCUT2D eigenvalue weighted by molar-refractivity contribution is 6.18. The van der Waals surface area contributed by atoms with E-state index in [-0.39, 0.29) is 5.82 Å². The van der Waals surface area contributed by atoms with Gasteiger partial charge in [-0.25, -0.2) is 9.78 Å². The number of alkyl halides is 2. The maximum Gasteiger partial charge on any atom is 0.331 e. The van der Waals surface area contributed by atoms with E-state index in [1.54, 1.807) is 4.57 Å². The summed E-state index contributed by atoms with van der Waals surface area (Å²) in [5.41, 5.74) is 7.65. The number of imidazole rings is 1. The lowest BCUT2D eigenvalue weighted by atomic mass is 10.0. The van der Waals surface area contributed by atoms with Crippen molar-refractivity contribution in [2.75, 3.05) is 29.7 Å². The molecule has 0 saturated carbocycles. The first kappa shape index (κ1) is 20.5. The van der Waals surface area contributed by atoms with Crippen molar-refractivity contribution in [2.24, 2.45) is 5.73 Å². The molecule has 0 amide bonds. The Morgan fingerprint density at radius 1 is 1.18 bits per heavy atom. The molecule has 0 radical (unpaired) electrons. The molecule has 1 aromatic heterocycles. The molecular formula is C20H22Cl2N4O2. The van der Waals surface area contributed by atoms with E-state index in [0.717, 1.165) is 16.9 Å². The quantitative estimate of drug-likeness (QED) is 0.544. The Labute approximate surface area is 173 Å². The van der Waals surface area contributed by atoms with Gasteiger partial charge in [0, 0.05) is 36.2 Å². The van der Waals surface area contributed by atoms with Gasteiger partial charge in [-0.1, -0.05) is 18.2 Å². The molecule has 2 aromatic carbocycles. The van der Waals surface area contributed by atoms with Crippen LogP contribution in [0.1, 0.15) is 12.7 Å². The number of fused-ring (bicyclic) bond motifs is 1. The first-order chi connectivity index (χ1) is 13.4. The average molecular weight is 421 g/mol. The number of benzene rings is 2. The Balaban J connectivity index is 2.22. The van der Waals surface area contributed by atoms with E-state index in [0.29, 0.717) is 30.4 Å². The topological polar surface area (TPSA) is 84.4 Å². The third kappa shape index (κ3) is 3.81. The number of aromatic nitrogens is 2. The molecule has 3 N–H and O–H groups in total. The van der Waals surface area contributed by atoms with Crippen molar-refractivity contribution >= 4 is 45.9 Å². The van der Waals surface area contributed by atoms with Crippen molar-refractivity contribution < 1.29 is 9.90 Å². The van der Waals surface area contributed by atoms with Crippen LogP contribution in [-0.2, 0) is 10.3 Å². The van der Waals surface area contributed by atoms with Crippen LogP contribution in [-0.4, -0.2) is 45.5 Å². The third-order valence-electron chi connectivity index (χ3n) is 4.64. The molecule has 0 bridgehead atoms. The fraction of sp³-hybridized carbons (Fsp3) is 0.300. The minimum absolute atomic E-state index is 0.264. The van der Waals surface area contributed by atoms with E-state index in [9.17, 15) is 9.90 Å². The summed E-state index contributed by atoms with van der Waals surface area (Å²) in [7, 11) is 0. The maximum absolute atomic E-state index is 11.8. The van der Waals surface area contributed by atoms with E-state index in [4.69, 9.17) is 28.9 Å². The molecule has 3 aromatic rings. The van der Waals surface area contributed by atoms with Crippen LogP contribution in [0.3, 0.4) is 0 Å². The van der Waals surface area contributed by atoms with Crippen molar-refractivity contribution in [2.45, 2.75) is 12.5 Å². The smallest absolute Gasteiger partial charge is 0.331 e. The highest BCUT2D eigenvalue weighted by atomic mass is 35.5. The molecule has 28 heavy (non-hydrogen) atoms. The van der Waals surface area contributed by atoms with Crippen molar-refractivity contribution in [3.8, 4) is 5.69 Å². The van der Waals surface area contributed by atoms with Gasteiger partial charge in [0.05, 0.1) is 11.0 Å². The molecule has 1 heterocycles. The second kappa shape index (κ2) is 8.39. The third-order valence-corrected chi connectivity index (χ3v) is 4.97. The number of halogens is 2. The van der Waals surface area contributed by atoms with E-state index < -0.39 is 11.5 Å². The standard InChI is InChI=1S/C20H22Cl2N4O2/c1-20(23,19(27)28)18-24-16-13-15(25(11-9-21)12-10-22)7-8-17(16)26(18)14-5-3-2-4-6-14/h2-8,13H,9-12,23H2,1H3,(H,27,28). The summed E-state index contributed by atoms with van der Waals surface area (Å²) in [4.78, 5) is 18.5. The minimum atomic E-state index is -1.65. The number of nitrogens with zero attached hydrogens (tertiary/aromatic N) is 3. The molecule has 148 valence electrons. The number of hydrogen-bond donors (Lipinski definition) is 2. The number of aliphatic carboxylic acids is 1. The van der Waals surface area contributed by atoms with Gasteiger partial charge in [-0.3, -0.25) is 4.57 Å².